The predicted octanol–water partition coefficient (Wildman–Crippen LogP) is 7.87. The van der Waals surface area contributed by atoms with E-state index in [1.165, 1.54) is 28.8 Å². The minimum atomic E-state index is -4.24. The van der Waals surface area contributed by atoms with E-state index < -0.39 is 28.5 Å². The number of anilines is 1. The van der Waals surface area contributed by atoms with Crippen LogP contribution in [-0.2, 0) is 32.6 Å². The van der Waals surface area contributed by atoms with Crippen LogP contribution in [-0.4, -0.2) is 57.1 Å². The van der Waals surface area contributed by atoms with Crippen molar-refractivity contribution < 1.29 is 22.7 Å². The van der Waals surface area contributed by atoms with Crippen LogP contribution in [0.2, 0.25) is 10.0 Å². The molecule has 0 radical (unpaired) electrons. The van der Waals surface area contributed by atoms with Crippen molar-refractivity contribution >= 4 is 62.5 Å². The molecular formula is C37H41Cl2N3O5S2. The van der Waals surface area contributed by atoms with Crippen LogP contribution in [0.3, 0.4) is 0 Å². The van der Waals surface area contributed by atoms with Gasteiger partial charge in [-0.15, -0.1) is 11.8 Å². The van der Waals surface area contributed by atoms with Crippen LogP contribution in [0.15, 0.2) is 107 Å². The van der Waals surface area contributed by atoms with Gasteiger partial charge in [0.15, 0.2) is 0 Å². The summed E-state index contributed by atoms with van der Waals surface area (Å²) in [5.41, 5.74) is 1.74. The molecule has 8 nitrogen and oxygen atoms in total. The van der Waals surface area contributed by atoms with Crippen LogP contribution < -0.4 is 14.4 Å². The quantitative estimate of drug-likeness (QED) is 0.0875. The number of carbonyl (C=O) groups is 2. The van der Waals surface area contributed by atoms with Crippen LogP contribution in [0.1, 0.15) is 37.8 Å². The van der Waals surface area contributed by atoms with E-state index in [0.29, 0.717) is 34.5 Å². The third-order valence-electron chi connectivity index (χ3n) is 7.80. The Labute approximate surface area is 303 Å². The number of amides is 2. The smallest absolute Gasteiger partial charge is 0.264 e. The zero-order valence-corrected chi connectivity index (χ0v) is 30.9. The van der Waals surface area contributed by atoms with Crippen molar-refractivity contribution in [1.29, 1.82) is 0 Å². The molecule has 4 aromatic rings. The predicted molar refractivity (Wildman–Crippen MR) is 199 cm³/mol. The van der Waals surface area contributed by atoms with Crippen molar-refractivity contribution in [3.8, 4) is 5.75 Å². The van der Waals surface area contributed by atoms with E-state index in [9.17, 15) is 18.0 Å². The number of carbonyl (C=O) groups excluding carboxylic acids is 2. The molecule has 0 bridgehead atoms. The van der Waals surface area contributed by atoms with Gasteiger partial charge in [-0.1, -0.05) is 72.9 Å². The molecule has 1 N–H and O–H groups in total. The standard InChI is InChI=1S/C37H41Cl2N3O5S2/c1-4-6-22-40-37(44)35(24-27-10-8-7-9-11-27)41(25-28-12-21-33(38)34(39)23-28)36(43)26-42(29-13-15-30(16-14-29)47-5-2)49(45,46)32-19-17-31(48-3)18-20-32/h7-21,23,35H,4-6,22,24-26H2,1-3H3,(H,40,44)/t35-/m1/s1. The average molecular weight is 743 g/mol. The number of ether oxygens (including phenoxy) is 1. The highest BCUT2D eigenvalue weighted by Gasteiger charge is 2.34. The van der Waals surface area contributed by atoms with Crippen LogP contribution in [0.25, 0.3) is 0 Å². The van der Waals surface area contributed by atoms with Crippen molar-refractivity contribution in [2.45, 2.75) is 55.5 Å². The number of hydrogen-bond donors (Lipinski definition) is 1. The SMILES string of the molecule is CCCCNC(=O)[C@@H](Cc1ccccc1)N(Cc1ccc(Cl)c(Cl)c1)C(=O)CN(c1ccc(OCC)cc1)S(=O)(=O)c1ccc(SC)cc1. The van der Waals surface area contributed by atoms with E-state index in [1.807, 2.05) is 50.4 Å². The maximum absolute atomic E-state index is 14.6. The van der Waals surface area contributed by atoms with Crippen LogP contribution in [0.5, 0.6) is 5.75 Å². The number of benzene rings is 4. The number of thioether (sulfide) groups is 1. The second-order valence-electron chi connectivity index (χ2n) is 11.2. The molecule has 0 aliphatic rings. The Morgan fingerprint density at radius 3 is 2.18 bits per heavy atom. The normalized spacial score (nSPS) is 11.9. The Kier molecular flexibility index (Phi) is 14.3. The van der Waals surface area contributed by atoms with Gasteiger partial charge in [0.05, 0.1) is 27.2 Å². The van der Waals surface area contributed by atoms with E-state index in [0.717, 1.165) is 27.6 Å². The molecule has 0 aromatic heterocycles. The molecule has 0 fully saturated rings. The van der Waals surface area contributed by atoms with Crippen molar-refractivity contribution in [3.05, 3.63) is 118 Å². The number of unbranched alkanes of at least 4 members (excludes halogenated alkanes) is 1. The fourth-order valence-electron chi connectivity index (χ4n) is 5.17. The fourth-order valence-corrected chi connectivity index (χ4v) is 7.32. The summed E-state index contributed by atoms with van der Waals surface area (Å²) in [6, 6.07) is 26.5. The number of nitrogens with one attached hydrogen (secondary N) is 1. The molecule has 260 valence electrons. The monoisotopic (exact) mass is 741 g/mol. The molecule has 0 unspecified atom stereocenters. The van der Waals surface area contributed by atoms with Gasteiger partial charge < -0.3 is 15.0 Å². The van der Waals surface area contributed by atoms with Gasteiger partial charge in [0.25, 0.3) is 10.0 Å². The highest BCUT2D eigenvalue weighted by Crippen LogP contribution is 2.29. The van der Waals surface area contributed by atoms with Gasteiger partial charge in [0.1, 0.15) is 18.3 Å². The summed E-state index contributed by atoms with van der Waals surface area (Å²) in [6.45, 7) is 4.17. The molecule has 0 aliphatic heterocycles. The number of rotatable bonds is 17. The fraction of sp³-hybridized carbons (Fsp3) is 0.297. The zero-order chi connectivity index (χ0) is 35.4. The molecule has 0 heterocycles. The topological polar surface area (TPSA) is 96.0 Å². The first kappa shape index (κ1) is 38.1. The summed E-state index contributed by atoms with van der Waals surface area (Å²) in [4.78, 5) is 30.9. The highest BCUT2D eigenvalue weighted by atomic mass is 35.5. The minimum absolute atomic E-state index is 0.0198. The van der Waals surface area contributed by atoms with Gasteiger partial charge in [0.2, 0.25) is 11.8 Å². The lowest BCUT2D eigenvalue weighted by Gasteiger charge is -2.34. The van der Waals surface area contributed by atoms with E-state index in [2.05, 4.69) is 5.32 Å². The number of nitrogens with zero attached hydrogens (tertiary/aromatic N) is 2. The Morgan fingerprint density at radius 2 is 1.57 bits per heavy atom. The van der Waals surface area contributed by atoms with Gasteiger partial charge in [-0.3, -0.25) is 13.9 Å². The molecule has 0 spiro atoms. The molecule has 4 rings (SSSR count). The van der Waals surface area contributed by atoms with Crippen LogP contribution in [0, 0.1) is 0 Å². The van der Waals surface area contributed by atoms with Gasteiger partial charge >= 0.3 is 0 Å². The van der Waals surface area contributed by atoms with Crippen molar-refractivity contribution in [2.24, 2.45) is 0 Å². The lowest BCUT2D eigenvalue weighted by Crippen LogP contribution is -2.53. The molecule has 0 saturated carbocycles. The van der Waals surface area contributed by atoms with Gasteiger partial charge in [-0.05, 0) is 91.4 Å². The maximum atomic E-state index is 14.6. The summed E-state index contributed by atoms with van der Waals surface area (Å²) in [6.07, 6.45) is 3.75. The van der Waals surface area contributed by atoms with Crippen molar-refractivity contribution in [3.63, 3.8) is 0 Å². The summed E-state index contributed by atoms with van der Waals surface area (Å²) in [5.74, 6) is -0.350. The van der Waals surface area contributed by atoms with Crippen molar-refractivity contribution in [2.75, 3.05) is 30.3 Å². The highest BCUT2D eigenvalue weighted by molar-refractivity contribution is 7.98. The Balaban J connectivity index is 1.80. The third-order valence-corrected chi connectivity index (χ3v) is 11.1. The molecule has 1 atom stereocenters. The Morgan fingerprint density at radius 1 is 0.878 bits per heavy atom. The molecule has 12 heteroatoms. The zero-order valence-electron chi connectivity index (χ0n) is 27.8. The molecule has 0 aliphatic carbocycles. The van der Waals surface area contributed by atoms with Gasteiger partial charge in [0, 0.05) is 24.4 Å². The second-order valence-corrected chi connectivity index (χ2v) is 14.8. The Hall–Kier alpha value is -3.70. The molecular weight excluding hydrogens is 701 g/mol. The van der Waals surface area contributed by atoms with Crippen LogP contribution in [0.4, 0.5) is 5.69 Å². The molecule has 2 amide bonds. The number of halogens is 2. The third kappa shape index (κ3) is 10.4. The van der Waals surface area contributed by atoms with E-state index in [1.54, 1.807) is 54.6 Å². The number of sulfonamides is 1. The summed E-state index contributed by atoms with van der Waals surface area (Å²) in [5, 5.41) is 3.63. The van der Waals surface area contributed by atoms with Crippen molar-refractivity contribution in [1.82, 2.24) is 10.2 Å². The second kappa shape index (κ2) is 18.3. The first-order chi connectivity index (χ1) is 23.6. The molecule has 4 aromatic carbocycles. The number of hydrogen-bond acceptors (Lipinski definition) is 6. The molecule has 49 heavy (non-hydrogen) atoms. The van der Waals surface area contributed by atoms with E-state index in [4.69, 9.17) is 27.9 Å². The lowest BCUT2D eigenvalue weighted by atomic mass is 10.0. The summed E-state index contributed by atoms with van der Waals surface area (Å²) in [7, 11) is -4.24. The Bertz CT molecular complexity index is 1790. The first-order valence-electron chi connectivity index (χ1n) is 16.0. The maximum Gasteiger partial charge on any atom is 0.264 e. The largest absolute Gasteiger partial charge is 0.494 e. The van der Waals surface area contributed by atoms with Gasteiger partial charge in [-0.25, -0.2) is 8.42 Å². The minimum Gasteiger partial charge on any atom is -0.494 e. The summed E-state index contributed by atoms with van der Waals surface area (Å²) >= 11 is 14.1. The van der Waals surface area contributed by atoms with E-state index >= 15 is 0 Å². The first-order valence-corrected chi connectivity index (χ1v) is 19.4. The lowest BCUT2D eigenvalue weighted by molar-refractivity contribution is -0.140. The summed E-state index contributed by atoms with van der Waals surface area (Å²) < 4.78 is 35.3. The average Bonchev–Trinajstić information content (AvgIpc) is 3.11. The van der Waals surface area contributed by atoms with Crippen LogP contribution >= 0.6 is 35.0 Å². The van der Waals surface area contributed by atoms with Gasteiger partial charge in [-0.2, -0.15) is 0 Å². The van der Waals surface area contributed by atoms with E-state index in [-0.39, 0.29) is 29.5 Å². The molecule has 0 saturated heterocycles.